The largest absolute Gasteiger partial charge is 0.259 e. The minimum atomic E-state index is -0.365. The lowest BCUT2D eigenvalue weighted by atomic mass is 10.0. The average molecular weight is 268 g/mol. The van der Waals surface area contributed by atoms with Crippen molar-refractivity contribution in [2.24, 2.45) is 5.92 Å². The zero-order valence-electron chi connectivity index (χ0n) is 8.02. The Labute approximate surface area is 96.1 Å². The molecule has 0 bridgehead atoms. The first-order valence-electron chi connectivity index (χ1n) is 4.78. The van der Waals surface area contributed by atoms with Gasteiger partial charge in [0.2, 0.25) is 6.20 Å². The van der Waals surface area contributed by atoms with Gasteiger partial charge >= 0.3 is 0 Å². The first-order valence-corrected chi connectivity index (χ1v) is 5.57. The fourth-order valence-corrected chi connectivity index (χ4v) is 1.83. The first-order chi connectivity index (χ1) is 7.16. The van der Waals surface area contributed by atoms with E-state index in [2.05, 4.69) is 15.9 Å². The van der Waals surface area contributed by atoms with E-state index >= 15 is 0 Å². The van der Waals surface area contributed by atoms with Crippen molar-refractivity contribution < 1.29 is 4.92 Å². The van der Waals surface area contributed by atoms with Crippen molar-refractivity contribution in [2.75, 3.05) is 0 Å². The summed E-state index contributed by atoms with van der Waals surface area (Å²) in [5.41, 5.74) is 1.81. The lowest BCUT2D eigenvalue weighted by Crippen LogP contribution is -1.92. The molecular formula is C11H10BrNO2. The van der Waals surface area contributed by atoms with Gasteiger partial charge in [0, 0.05) is 10.0 Å². The molecule has 78 valence electrons. The van der Waals surface area contributed by atoms with Crippen molar-refractivity contribution in [3.63, 3.8) is 0 Å². The molecule has 0 radical (unpaired) electrons. The second-order valence-electron chi connectivity index (χ2n) is 3.65. The summed E-state index contributed by atoms with van der Waals surface area (Å²) in [5.74, 6) is 0.386. The van der Waals surface area contributed by atoms with Crippen LogP contribution in [-0.2, 0) is 0 Å². The maximum absolute atomic E-state index is 10.5. The highest BCUT2D eigenvalue weighted by atomic mass is 79.9. The molecule has 1 aromatic carbocycles. The number of nitro groups is 1. The molecule has 0 aliphatic heterocycles. The summed E-state index contributed by atoms with van der Waals surface area (Å²) >= 11 is 3.34. The molecule has 0 aromatic heterocycles. The van der Waals surface area contributed by atoms with Gasteiger partial charge in [-0.15, -0.1) is 0 Å². The lowest BCUT2D eigenvalue weighted by Gasteiger charge is -2.02. The number of rotatable bonds is 3. The smallest absolute Gasteiger partial charge is 0.238 e. The van der Waals surface area contributed by atoms with Crippen molar-refractivity contribution in [2.45, 2.75) is 12.8 Å². The molecule has 2 rings (SSSR count). The normalized spacial score (nSPS) is 16.5. The maximum Gasteiger partial charge on any atom is 0.238 e. The zero-order valence-corrected chi connectivity index (χ0v) is 9.61. The minimum absolute atomic E-state index is 0.365. The van der Waals surface area contributed by atoms with E-state index in [1.807, 2.05) is 24.3 Å². The highest BCUT2D eigenvalue weighted by molar-refractivity contribution is 9.10. The molecule has 1 fully saturated rings. The van der Waals surface area contributed by atoms with E-state index in [-0.39, 0.29) is 4.92 Å². The summed E-state index contributed by atoms with van der Waals surface area (Å²) in [4.78, 5) is 10.1. The van der Waals surface area contributed by atoms with Crippen LogP contribution in [0.4, 0.5) is 0 Å². The molecular weight excluding hydrogens is 258 g/mol. The Morgan fingerprint density at radius 1 is 1.40 bits per heavy atom. The molecule has 0 atom stereocenters. The molecule has 3 nitrogen and oxygen atoms in total. The molecule has 0 unspecified atom stereocenters. The SMILES string of the molecule is O=[N+]([O-])/C=C(\c1ccc(Br)cc1)C1CC1. The summed E-state index contributed by atoms with van der Waals surface area (Å²) in [5, 5.41) is 10.5. The second kappa shape index (κ2) is 4.14. The van der Waals surface area contributed by atoms with E-state index in [9.17, 15) is 10.1 Å². The molecule has 1 aliphatic carbocycles. The van der Waals surface area contributed by atoms with Crippen LogP contribution >= 0.6 is 15.9 Å². The van der Waals surface area contributed by atoms with E-state index in [1.165, 1.54) is 0 Å². The van der Waals surface area contributed by atoms with Gasteiger partial charge in [-0.2, -0.15) is 0 Å². The Morgan fingerprint density at radius 2 is 2.00 bits per heavy atom. The molecule has 15 heavy (non-hydrogen) atoms. The first kappa shape index (κ1) is 10.4. The Hall–Kier alpha value is -1.16. The summed E-state index contributed by atoms with van der Waals surface area (Å²) in [6.45, 7) is 0. The number of allylic oxidation sites excluding steroid dienone is 1. The third-order valence-electron chi connectivity index (χ3n) is 2.44. The predicted molar refractivity (Wildman–Crippen MR) is 61.8 cm³/mol. The van der Waals surface area contributed by atoms with Crippen LogP contribution in [0.15, 0.2) is 34.9 Å². The van der Waals surface area contributed by atoms with Gasteiger partial charge in [-0.1, -0.05) is 28.1 Å². The van der Waals surface area contributed by atoms with E-state index in [4.69, 9.17) is 0 Å². The highest BCUT2D eigenvalue weighted by Crippen LogP contribution is 2.41. The van der Waals surface area contributed by atoms with Crippen LogP contribution in [0, 0.1) is 16.0 Å². The molecule has 0 saturated heterocycles. The number of halogens is 1. The van der Waals surface area contributed by atoms with Gasteiger partial charge in [0.1, 0.15) is 0 Å². The van der Waals surface area contributed by atoms with Crippen molar-refractivity contribution >= 4 is 21.5 Å². The quantitative estimate of drug-likeness (QED) is 0.622. The molecule has 0 amide bonds. The Morgan fingerprint density at radius 3 is 2.47 bits per heavy atom. The maximum atomic E-state index is 10.5. The second-order valence-corrected chi connectivity index (χ2v) is 4.57. The third kappa shape index (κ3) is 2.65. The van der Waals surface area contributed by atoms with Gasteiger partial charge in [-0.3, -0.25) is 10.1 Å². The molecule has 0 N–H and O–H groups in total. The standard InChI is InChI=1S/C11H10BrNO2/c12-10-5-3-9(4-6-10)11(7-13(14)15)8-1-2-8/h3-8H,1-2H2/b11-7-. The van der Waals surface area contributed by atoms with Crippen molar-refractivity contribution in [1.82, 2.24) is 0 Å². The van der Waals surface area contributed by atoms with Crippen molar-refractivity contribution in [3.05, 3.63) is 50.6 Å². The van der Waals surface area contributed by atoms with Gasteiger partial charge in [-0.25, -0.2) is 0 Å². The molecule has 1 aliphatic rings. The van der Waals surface area contributed by atoms with Crippen LogP contribution in [0.1, 0.15) is 18.4 Å². The van der Waals surface area contributed by atoms with E-state index in [1.54, 1.807) is 0 Å². The van der Waals surface area contributed by atoms with Gasteiger partial charge in [0.25, 0.3) is 0 Å². The Balaban J connectivity index is 2.32. The molecule has 4 heteroatoms. The van der Waals surface area contributed by atoms with Crippen LogP contribution in [-0.4, -0.2) is 4.92 Å². The number of nitrogens with zero attached hydrogens (tertiary/aromatic N) is 1. The third-order valence-corrected chi connectivity index (χ3v) is 2.97. The summed E-state index contributed by atoms with van der Waals surface area (Å²) < 4.78 is 0.988. The van der Waals surface area contributed by atoms with Gasteiger partial charge in [-0.05, 0) is 36.5 Å². The molecule has 1 aromatic rings. The van der Waals surface area contributed by atoms with Crippen LogP contribution in [0.25, 0.3) is 5.57 Å². The van der Waals surface area contributed by atoms with Gasteiger partial charge < -0.3 is 0 Å². The van der Waals surface area contributed by atoms with E-state index < -0.39 is 0 Å². The zero-order chi connectivity index (χ0) is 10.8. The van der Waals surface area contributed by atoms with Crippen molar-refractivity contribution in [3.8, 4) is 0 Å². The predicted octanol–water partition coefficient (Wildman–Crippen LogP) is 3.48. The highest BCUT2D eigenvalue weighted by Gasteiger charge is 2.29. The molecule has 0 spiro atoms. The van der Waals surface area contributed by atoms with Gasteiger partial charge in [0.05, 0.1) is 4.92 Å². The lowest BCUT2D eigenvalue weighted by molar-refractivity contribution is -0.401. The monoisotopic (exact) mass is 267 g/mol. The van der Waals surface area contributed by atoms with Crippen LogP contribution in [0.3, 0.4) is 0 Å². The Bertz CT molecular complexity index is 407. The topological polar surface area (TPSA) is 43.1 Å². The minimum Gasteiger partial charge on any atom is -0.259 e. The van der Waals surface area contributed by atoms with Crippen LogP contribution in [0.2, 0.25) is 0 Å². The van der Waals surface area contributed by atoms with Crippen LogP contribution < -0.4 is 0 Å². The summed E-state index contributed by atoms with van der Waals surface area (Å²) in [7, 11) is 0. The van der Waals surface area contributed by atoms with E-state index in [0.717, 1.165) is 34.7 Å². The molecule has 0 heterocycles. The fourth-order valence-electron chi connectivity index (χ4n) is 1.57. The number of hydrogen-bond donors (Lipinski definition) is 0. The number of hydrogen-bond acceptors (Lipinski definition) is 2. The average Bonchev–Trinajstić information content (AvgIpc) is 2.99. The summed E-state index contributed by atoms with van der Waals surface area (Å²) in [6, 6.07) is 7.65. The fraction of sp³-hybridized carbons (Fsp3) is 0.273. The van der Waals surface area contributed by atoms with E-state index in [0.29, 0.717) is 5.92 Å². The Kier molecular flexibility index (Phi) is 2.86. The van der Waals surface area contributed by atoms with Crippen LogP contribution in [0.5, 0.6) is 0 Å². The van der Waals surface area contributed by atoms with Gasteiger partial charge in [0.15, 0.2) is 0 Å². The number of benzene rings is 1. The summed E-state index contributed by atoms with van der Waals surface area (Å²) in [6.07, 6.45) is 3.27. The van der Waals surface area contributed by atoms with Crippen molar-refractivity contribution in [1.29, 1.82) is 0 Å². The molecule has 1 saturated carbocycles.